The lowest BCUT2D eigenvalue weighted by molar-refractivity contribution is 0.184. The van der Waals surface area contributed by atoms with Crippen LogP contribution in [0, 0.1) is 0 Å². The summed E-state index contributed by atoms with van der Waals surface area (Å²) in [4.78, 5) is 0. The number of nitrogens with two attached hydrogens (primary N) is 1. The lowest BCUT2D eigenvalue weighted by Crippen LogP contribution is -1.99. The smallest absolute Gasteiger partial charge is 0.145 e. The summed E-state index contributed by atoms with van der Waals surface area (Å²) >= 11 is 0. The van der Waals surface area contributed by atoms with Crippen molar-refractivity contribution in [2.75, 3.05) is 27.1 Å². The molecule has 1 rings (SSSR count). The molecule has 0 aliphatic carbocycles. The van der Waals surface area contributed by atoms with Gasteiger partial charge in [0.05, 0.1) is 20.8 Å². The van der Waals surface area contributed by atoms with E-state index >= 15 is 0 Å². The zero-order valence-corrected chi connectivity index (χ0v) is 8.66. The van der Waals surface area contributed by atoms with Crippen molar-refractivity contribution in [3.8, 4) is 11.5 Å². The standard InChI is InChI=1S/C10H15NO3/c1-12-6-7-4-8(13-2)10(11)9(5-7)14-3/h4-5H,6,11H2,1-3H3. The summed E-state index contributed by atoms with van der Waals surface area (Å²) < 4.78 is 15.2. The topological polar surface area (TPSA) is 53.7 Å². The second kappa shape index (κ2) is 4.72. The lowest BCUT2D eigenvalue weighted by Gasteiger charge is -2.11. The fourth-order valence-electron chi connectivity index (χ4n) is 1.24. The third-order valence-electron chi connectivity index (χ3n) is 1.91. The zero-order valence-electron chi connectivity index (χ0n) is 8.66. The number of anilines is 1. The molecule has 0 saturated carbocycles. The largest absolute Gasteiger partial charge is 0.494 e. The van der Waals surface area contributed by atoms with E-state index in [1.807, 2.05) is 12.1 Å². The fraction of sp³-hybridized carbons (Fsp3) is 0.400. The molecule has 4 heteroatoms. The maximum Gasteiger partial charge on any atom is 0.145 e. The van der Waals surface area contributed by atoms with E-state index in [2.05, 4.69) is 0 Å². The van der Waals surface area contributed by atoms with Crippen molar-refractivity contribution in [1.29, 1.82) is 0 Å². The van der Waals surface area contributed by atoms with Crippen LogP contribution in [-0.2, 0) is 11.3 Å². The molecule has 0 amide bonds. The van der Waals surface area contributed by atoms with Gasteiger partial charge in [-0.1, -0.05) is 0 Å². The minimum atomic E-state index is 0.507. The molecule has 1 aromatic carbocycles. The Kier molecular flexibility index (Phi) is 3.59. The molecule has 0 aliphatic heterocycles. The highest BCUT2D eigenvalue weighted by atomic mass is 16.5. The summed E-state index contributed by atoms with van der Waals surface area (Å²) in [5.74, 6) is 1.22. The molecular formula is C10H15NO3. The predicted octanol–water partition coefficient (Wildman–Crippen LogP) is 1.43. The first-order valence-electron chi connectivity index (χ1n) is 4.22. The van der Waals surface area contributed by atoms with Gasteiger partial charge in [0, 0.05) is 7.11 Å². The van der Waals surface area contributed by atoms with Crippen molar-refractivity contribution in [3.63, 3.8) is 0 Å². The Morgan fingerprint density at radius 2 is 1.57 bits per heavy atom. The second-order valence-electron chi connectivity index (χ2n) is 2.85. The van der Waals surface area contributed by atoms with E-state index in [9.17, 15) is 0 Å². The minimum absolute atomic E-state index is 0.507. The van der Waals surface area contributed by atoms with Gasteiger partial charge in [0.2, 0.25) is 0 Å². The molecule has 0 aromatic heterocycles. The van der Waals surface area contributed by atoms with E-state index < -0.39 is 0 Å². The Morgan fingerprint density at radius 3 is 1.93 bits per heavy atom. The molecule has 0 atom stereocenters. The van der Waals surface area contributed by atoms with Gasteiger partial charge in [0.15, 0.2) is 0 Å². The van der Waals surface area contributed by atoms with Gasteiger partial charge in [0.1, 0.15) is 17.2 Å². The normalized spacial score (nSPS) is 9.93. The van der Waals surface area contributed by atoms with Crippen molar-refractivity contribution in [2.45, 2.75) is 6.61 Å². The van der Waals surface area contributed by atoms with Crippen molar-refractivity contribution < 1.29 is 14.2 Å². The van der Waals surface area contributed by atoms with Gasteiger partial charge >= 0.3 is 0 Å². The monoisotopic (exact) mass is 197 g/mol. The SMILES string of the molecule is COCc1cc(OC)c(N)c(OC)c1. The van der Waals surface area contributed by atoms with Crippen LogP contribution in [0.25, 0.3) is 0 Å². The number of ether oxygens (including phenoxy) is 3. The molecule has 78 valence electrons. The van der Waals surface area contributed by atoms with E-state index in [1.165, 1.54) is 0 Å². The van der Waals surface area contributed by atoms with E-state index in [4.69, 9.17) is 19.9 Å². The Balaban J connectivity index is 3.11. The summed E-state index contributed by atoms with van der Waals surface area (Å²) in [5.41, 5.74) is 7.26. The molecule has 0 bridgehead atoms. The third kappa shape index (κ3) is 2.09. The summed E-state index contributed by atoms with van der Waals surface area (Å²) in [7, 11) is 4.78. The number of hydrogen-bond donors (Lipinski definition) is 1. The van der Waals surface area contributed by atoms with Crippen molar-refractivity contribution in [3.05, 3.63) is 17.7 Å². The predicted molar refractivity (Wildman–Crippen MR) is 54.7 cm³/mol. The Labute approximate surface area is 83.6 Å². The third-order valence-corrected chi connectivity index (χ3v) is 1.91. The highest BCUT2D eigenvalue weighted by molar-refractivity contribution is 5.64. The van der Waals surface area contributed by atoms with Crippen LogP contribution in [0.1, 0.15) is 5.56 Å². The van der Waals surface area contributed by atoms with Crippen molar-refractivity contribution in [2.24, 2.45) is 0 Å². The van der Waals surface area contributed by atoms with Crippen LogP contribution >= 0.6 is 0 Å². The van der Waals surface area contributed by atoms with Crippen LogP contribution in [0.4, 0.5) is 5.69 Å². The number of hydrogen-bond acceptors (Lipinski definition) is 4. The number of rotatable bonds is 4. The van der Waals surface area contributed by atoms with Gasteiger partial charge in [-0.25, -0.2) is 0 Å². The van der Waals surface area contributed by atoms with E-state index in [0.29, 0.717) is 23.8 Å². The average Bonchev–Trinajstić information content (AvgIpc) is 2.20. The highest BCUT2D eigenvalue weighted by Gasteiger charge is 2.08. The highest BCUT2D eigenvalue weighted by Crippen LogP contribution is 2.33. The molecule has 4 nitrogen and oxygen atoms in total. The molecule has 1 aromatic rings. The molecule has 0 unspecified atom stereocenters. The first-order chi connectivity index (χ1) is 6.72. The van der Waals surface area contributed by atoms with Gasteiger partial charge in [-0.15, -0.1) is 0 Å². The fourth-order valence-corrected chi connectivity index (χ4v) is 1.24. The van der Waals surface area contributed by atoms with Crippen LogP contribution in [-0.4, -0.2) is 21.3 Å². The number of nitrogen functional groups attached to an aromatic ring is 1. The summed E-state index contributed by atoms with van der Waals surface area (Å²) in [6.07, 6.45) is 0. The lowest BCUT2D eigenvalue weighted by atomic mass is 10.2. The summed E-state index contributed by atoms with van der Waals surface area (Å²) in [6, 6.07) is 3.67. The first kappa shape index (κ1) is 10.7. The molecule has 14 heavy (non-hydrogen) atoms. The minimum Gasteiger partial charge on any atom is -0.494 e. The van der Waals surface area contributed by atoms with Crippen LogP contribution in [0.15, 0.2) is 12.1 Å². The van der Waals surface area contributed by atoms with Crippen molar-refractivity contribution >= 4 is 5.69 Å². The van der Waals surface area contributed by atoms with E-state index in [1.54, 1.807) is 21.3 Å². The molecule has 0 fully saturated rings. The molecule has 0 aliphatic rings. The first-order valence-corrected chi connectivity index (χ1v) is 4.22. The Hall–Kier alpha value is -1.42. The molecular weight excluding hydrogens is 182 g/mol. The van der Waals surface area contributed by atoms with E-state index in [0.717, 1.165) is 5.56 Å². The maximum atomic E-state index is 5.78. The van der Waals surface area contributed by atoms with Crippen molar-refractivity contribution in [1.82, 2.24) is 0 Å². The van der Waals surface area contributed by atoms with Crippen LogP contribution in [0.2, 0.25) is 0 Å². The van der Waals surface area contributed by atoms with Gasteiger partial charge < -0.3 is 19.9 Å². The average molecular weight is 197 g/mol. The summed E-state index contributed by atoms with van der Waals surface area (Å²) in [6.45, 7) is 0.507. The summed E-state index contributed by atoms with van der Waals surface area (Å²) in [5, 5.41) is 0. The molecule has 2 N–H and O–H groups in total. The van der Waals surface area contributed by atoms with Crippen LogP contribution in [0.3, 0.4) is 0 Å². The van der Waals surface area contributed by atoms with Crippen LogP contribution in [0.5, 0.6) is 11.5 Å². The molecule has 0 radical (unpaired) electrons. The maximum absolute atomic E-state index is 5.78. The molecule has 0 heterocycles. The Bertz CT molecular complexity index is 287. The molecule has 0 saturated heterocycles. The second-order valence-corrected chi connectivity index (χ2v) is 2.85. The van der Waals surface area contributed by atoms with E-state index in [-0.39, 0.29) is 0 Å². The Morgan fingerprint density at radius 1 is 1.07 bits per heavy atom. The van der Waals surface area contributed by atoms with Gasteiger partial charge in [-0.05, 0) is 17.7 Å². The number of benzene rings is 1. The quantitative estimate of drug-likeness (QED) is 0.742. The molecule has 0 spiro atoms. The zero-order chi connectivity index (χ0) is 10.6. The van der Waals surface area contributed by atoms with Gasteiger partial charge in [-0.3, -0.25) is 0 Å². The van der Waals surface area contributed by atoms with Crippen LogP contribution < -0.4 is 15.2 Å². The number of methoxy groups -OCH3 is 3. The van der Waals surface area contributed by atoms with Gasteiger partial charge in [0.25, 0.3) is 0 Å². The van der Waals surface area contributed by atoms with Gasteiger partial charge in [-0.2, -0.15) is 0 Å².